The van der Waals surface area contributed by atoms with Crippen molar-refractivity contribution < 1.29 is 24.1 Å². The number of hydrogen-bond acceptors (Lipinski definition) is 4. The van der Waals surface area contributed by atoms with Crippen LogP contribution in [0.2, 0.25) is 5.02 Å². The molecule has 0 amide bonds. The maximum absolute atomic E-state index is 11.9. The Morgan fingerprint density at radius 3 is 2.43 bits per heavy atom. The molecule has 1 aliphatic rings. The number of carboxylic acids is 1. The summed E-state index contributed by atoms with van der Waals surface area (Å²) in [5.41, 5.74) is -0.613. The summed E-state index contributed by atoms with van der Waals surface area (Å²) in [5.74, 6) is -0.499. The van der Waals surface area contributed by atoms with Gasteiger partial charge in [0.05, 0.1) is 18.8 Å². The monoisotopic (exact) mass is 342 g/mol. The van der Waals surface area contributed by atoms with Crippen LogP contribution < -0.4 is 4.74 Å². The van der Waals surface area contributed by atoms with Crippen LogP contribution in [0, 0.1) is 0 Å². The summed E-state index contributed by atoms with van der Waals surface area (Å²) in [4.78, 5) is 11.9. The van der Waals surface area contributed by atoms with Gasteiger partial charge in [-0.3, -0.25) is 0 Å². The number of benzene rings is 1. The zero-order valence-corrected chi connectivity index (χ0v) is 14.3. The average molecular weight is 343 g/mol. The largest absolute Gasteiger partial charge is 0.478 e. The van der Waals surface area contributed by atoms with E-state index >= 15 is 0 Å². The molecule has 1 N–H and O–H groups in total. The topological polar surface area (TPSA) is 65.0 Å². The predicted molar refractivity (Wildman–Crippen MR) is 86.9 cm³/mol. The van der Waals surface area contributed by atoms with E-state index in [2.05, 4.69) is 0 Å². The van der Waals surface area contributed by atoms with Gasteiger partial charge in [-0.15, -0.1) is 0 Å². The molecule has 23 heavy (non-hydrogen) atoms. The van der Waals surface area contributed by atoms with Crippen molar-refractivity contribution >= 4 is 17.6 Å². The zero-order valence-electron chi connectivity index (χ0n) is 13.5. The summed E-state index contributed by atoms with van der Waals surface area (Å²) in [6.45, 7) is 4.88. The van der Waals surface area contributed by atoms with Crippen molar-refractivity contribution in [3.63, 3.8) is 0 Å². The third-order valence-corrected chi connectivity index (χ3v) is 4.09. The summed E-state index contributed by atoms with van der Waals surface area (Å²) < 4.78 is 17.1. The summed E-state index contributed by atoms with van der Waals surface area (Å²) in [6.07, 6.45) is 1.73. The quantitative estimate of drug-likeness (QED) is 0.767. The lowest BCUT2D eigenvalue weighted by Gasteiger charge is -2.31. The molecule has 128 valence electrons. The highest BCUT2D eigenvalue weighted by Crippen LogP contribution is 2.37. The van der Waals surface area contributed by atoms with Gasteiger partial charge in [-0.1, -0.05) is 38.3 Å². The first-order valence-corrected chi connectivity index (χ1v) is 8.35. The summed E-state index contributed by atoms with van der Waals surface area (Å²) in [7, 11) is 0. The Hall–Kier alpha value is -1.30. The first-order chi connectivity index (χ1) is 11.0. The van der Waals surface area contributed by atoms with Gasteiger partial charge in [0.15, 0.2) is 6.29 Å². The molecule has 1 aromatic rings. The number of carboxylic acid groups (broad SMARTS) is 1. The van der Waals surface area contributed by atoms with E-state index in [1.54, 1.807) is 18.2 Å². The van der Waals surface area contributed by atoms with Crippen molar-refractivity contribution in [1.29, 1.82) is 0 Å². The molecule has 0 bridgehead atoms. The molecule has 5 nitrogen and oxygen atoms in total. The van der Waals surface area contributed by atoms with Gasteiger partial charge in [0.1, 0.15) is 5.75 Å². The van der Waals surface area contributed by atoms with E-state index < -0.39 is 17.9 Å². The fourth-order valence-corrected chi connectivity index (χ4v) is 3.02. The SMILES string of the molecule is CCCC(CCC)(Oc1ccc(Cl)cc1C1OCCO1)C(=O)O. The van der Waals surface area contributed by atoms with Crippen molar-refractivity contribution in [3.8, 4) is 5.75 Å². The molecule has 0 atom stereocenters. The molecule has 0 aliphatic carbocycles. The van der Waals surface area contributed by atoms with E-state index in [0.29, 0.717) is 55.2 Å². The molecule has 1 saturated heterocycles. The fraction of sp³-hybridized carbons (Fsp3) is 0.588. The van der Waals surface area contributed by atoms with Gasteiger partial charge in [-0.25, -0.2) is 4.79 Å². The van der Waals surface area contributed by atoms with E-state index in [-0.39, 0.29) is 0 Å². The number of rotatable bonds is 8. The maximum Gasteiger partial charge on any atom is 0.348 e. The summed E-state index contributed by atoms with van der Waals surface area (Å²) in [5, 5.41) is 10.3. The first-order valence-electron chi connectivity index (χ1n) is 7.97. The Balaban J connectivity index is 2.37. The third kappa shape index (κ3) is 4.16. The van der Waals surface area contributed by atoms with Gasteiger partial charge in [0.2, 0.25) is 5.60 Å². The molecule has 6 heteroatoms. The van der Waals surface area contributed by atoms with Crippen molar-refractivity contribution in [2.75, 3.05) is 13.2 Å². The normalized spacial score (nSPS) is 15.8. The Kier molecular flexibility index (Phi) is 6.27. The second-order valence-corrected chi connectivity index (χ2v) is 6.09. The minimum Gasteiger partial charge on any atom is -0.478 e. The van der Waals surface area contributed by atoms with Crippen molar-refractivity contribution in [3.05, 3.63) is 28.8 Å². The number of ether oxygens (including phenoxy) is 3. The lowest BCUT2D eigenvalue weighted by Crippen LogP contribution is -2.44. The van der Waals surface area contributed by atoms with Gasteiger partial charge in [0.25, 0.3) is 0 Å². The lowest BCUT2D eigenvalue weighted by molar-refractivity contribution is -0.157. The molecule has 1 fully saturated rings. The Morgan fingerprint density at radius 1 is 1.30 bits per heavy atom. The van der Waals surface area contributed by atoms with Crippen LogP contribution in [0.1, 0.15) is 51.4 Å². The Morgan fingerprint density at radius 2 is 1.91 bits per heavy atom. The molecular weight excluding hydrogens is 320 g/mol. The van der Waals surface area contributed by atoms with Crippen LogP contribution in [0.25, 0.3) is 0 Å². The number of carbonyl (C=O) groups is 1. The van der Waals surface area contributed by atoms with Crippen molar-refractivity contribution in [1.82, 2.24) is 0 Å². The van der Waals surface area contributed by atoms with Crippen LogP contribution in [0.5, 0.6) is 5.75 Å². The van der Waals surface area contributed by atoms with Crippen LogP contribution in [-0.2, 0) is 14.3 Å². The first kappa shape index (κ1) is 18.0. The van der Waals surface area contributed by atoms with Gasteiger partial charge in [-0.2, -0.15) is 0 Å². The second-order valence-electron chi connectivity index (χ2n) is 5.66. The number of halogens is 1. The minimum atomic E-state index is -1.25. The van der Waals surface area contributed by atoms with Gasteiger partial charge >= 0.3 is 5.97 Å². The molecule has 2 rings (SSSR count). The maximum atomic E-state index is 11.9. The molecule has 1 aromatic carbocycles. The van der Waals surface area contributed by atoms with Gasteiger partial charge < -0.3 is 19.3 Å². The number of aliphatic carboxylic acids is 1. The third-order valence-electron chi connectivity index (χ3n) is 3.85. The molecule has 1 heterocycles. The highest BCUT2D eigenvalue weighted by molar-refractivity contribution is 6.30. The molecule has 0 unspecified atom stereocenters. The van der Waals surface area contributed by atoms with E-state index in [9.17, 15) is 9.90 Å². The van der Waals surface area contributed by atoms with E-state index in [4.69, 9.17) is 25.8 Å². The van der Waals surface area contributed by atoms with Crippen LogP contribution in [0.4, 0.5) is 0 Å². The van der Waals surface area contributed by atoms with Gasteiger partial charge in [0, 0.05) is 5.02 Å². The standard InChI is InChI=1S/C17H23ClO5/c1-3-7-17(8-4-2,16(19)20)23-14-6-5-12(18)11-13(14)15-21-9-10-22-15/h5-6,11,15H,3-4,7-10H2,1-2H3,(H,19,20). The Labute approximate surface area is 141 Å². The average Bonchev–Trinajstić information content (AvgIpc) is 3.03. The molecule has 0 aromatic heterocycles. The fourth-order valence-electron chi connectivity index (χ4n) is 2.84. The van der Waals surface area contributed by atoms with Crippen LogP contribution in [0.3, 0.4) is 0 Å². The smallest absolute Gasteiger partial charge is 0.348 e. The molecule has 0 spiro atoms. The lowest BCUT2D eigenvalue weighted by atomic mass is 9.92. The molecule has 0 saturated carbocycles. The molecule has 1 aliphatic heterocycles. The van der Waals surface area contributed by atoms with Crippen LogP contribution in [-0.4, -0.2) is 29.9 Å². The summed E-state index contributed by atoms with van der Waals surface area (Å²) >= 11 is 6.07. The highest BCUT2D eigenvalue weighted by Gasteiger charge is 2.40. The van der Waals surface area contributed by atoms with Crippen molar-refractivity contribution in [2.24, 2.45) is 0 Å². The van der Waals surface area contributed by atoms with E-state index in [1.165, 1.54) is 0 Å². The molecule has 0 radical (unpaired) electrons. The number of hydrogen-bond donors (Lipinski definition) is 1. The van der Waals surface area contributed by atoms with Gasteiger partial charge in [-0.05, 0) is 31.0 Å². The zero-order chi connectivity index (χ0) is 16.9. The summed E-state index contributed by atoms with van der Waals surface area (Å²) in [6, 6.07) is 5.07. The minimum absolute atomic E-state index is 0.435. The molecular formula is C17H23ClO5. The van der Waals surface area contributed by atoms with Crippen LogP contribution >= 0.6 is 11.6 Å². The Bertz CT molecular complexity index is 534. The second kappa shape index (κ2) is 7.99. The van der Waals surface area contributed by atoms with Crippen LogP contribution in [0.15, 0.2) is 18.2 Å². The predicted octanol–water partition coefficient (Wildman–Crippen LogP) is 4.19. The van der Waals surface area contributed by atoms with Crippen molar-refractivity contribution in [2.45, 2.75) is 51.4 Å². The van der Waals surface area contributed by atoms with E-state index in [0.717, 1.165) is 0 Å². The van der Waals surface area contributed by atoms with E-state index in [1.807, 2.05) is 13.8 Å². The highest BCUT2D eigenvalue weighted by atomic mass is 35.5.